The molecule has 11 heavy (non-hydrogen) atoms. The maximum atomic E-state index is 10.3. The van der Waals surface area contributed by atoms with Crippen LogP contribution in [0.1, 0.15) is 1.43 Å². The summed E-state index contributed by atoms with van der Waals surface area (Å²) >= 11 is 0. The van der Waals surface area contributed by atoms with Crippen LogP contribution in [0.25, 0.3) is 0 Å². The first-order valence-electron chi connectivity index (χ1n) is 2.40. The van der Waals surface area contributed by atoms with Crippen molar-refractivity contribution in [3.05, 3.63) is 12.2 Å². The monoisotopic (exact) mass is 168 g/mol. The number of carbonyl (C=O) groups excluding carboxylic acids is 2. The van der Waals surface area contributed by atoms with Crippen molar-refractivity contribution in [3.8, 4) is 0 Å². The van der Waals surface area contributed by atoms with Crippen LogP contribution in [-0.4, -0.2) is 11.8 Å². The first-order chi connectivity index (χ1) is 4.70. The Bertz CT molecular complexity index is 156. The normalized spacial score (nSPS) is 8.55. The second-order valence-corrected chi connectivity index (χ2v) is 1.35. The Kier molecular flexibility index (Phi) is 9.25. The molecule has 6 N–H and O–H groups in total. The van der Waals surface area contributed by atoms with Crippen LogP contribution >= 0.6 is 0 Å². The van der Waals surface area contributed by atoms with Gasteiger partial charge in [0, 0.05) is 12.2 Å². The van der Waals surface area contributed by atoms with Crippen molar-refractivity contribution in [2.75, 3.05) is 0 Å². The Hall–Kier alpha value is -0.400. The van der Waals surface area contributed by atoms with E-state index in [1.807, 2.05) is 0 Å². The molecule has 6 nitrogen and oxygen atoms in total. The first-order valence-corrected chi connectivity index (χ1v) is 2.40. The molecule has 0 rings (SSSR count). The quantitative estimate of drug-likeness (QED) is 0.108. The topological polar surface area (TPSA) is 110 Å². The van der Waals surface area contributed by atoms with E-state index >= 15 is 0 Å². The second-order valence-electron chi connectivity index (χ2n) is 1.35. The van der Waals surface area contributed by atoms with Gasteiger partial charge in [0.2, 0.25) is 0 Å². The number of rotatable bonds is 2. The summed E-state index contributed by atoms with van der Waals surface area (Å²) in [6.45, 7) is 0. The van der Waals surface area contributed by atoms with Gasteiger partial charge in [0.05, 0.1) is 0 Å². The maximum Gasteiger partial charge on any atom is 1.00 e. The number of nitrogens with one attached hydrogen (secondary N) is 2. The fourth-order valence-electron chi connectivity index (χ4n) is 0.248. The summed E-state index contributed by atoms with van der Waals surface area (Å²) in [6.07, 6.45) is 1.92. The van der Waals surface area contributed by atoms with E-state index in [4.69, 9.17) is 0 Å². The summed E-state index contributed by atoms with van der Waals surface area (Å²) < 4.78 is 0. The third-order valence-corrected chi connectivity index (χ3v) is 0.671. The molecule has 0 saturated carbocycles. The van der Waals surface area contributed by atoms with Crippen LogP contribution in [0.5, 0.6) is 0 Å². The van der Waals surface area contributed by atoms with E-state index in [1.54, 1.807) is 10.9 Å². The summed E-state index contributed by atoms with van der Waals surface area (Å²) in [4.78, 5) is 20.6. The maximum absolute atomic E-state index is 10.3. The van der Waals surface area contributed by atoms with Crippen molar-refractivity contribution in [2.45, 2.75) is 0 Å². The van der Waals surface area contributed by atoms with Gasteiger partial charge in [-0.15, -0.1) is 0 Å². The largest absolute Gasteiger partial charge is 1.00 e. The van der Waals surface area contributed by atoms with Crippen molar-refractivity contribution in [2.24, 2.45) is 11.7 Å². The van der Waals surface area contributed by atoms with Crippen molar-refractivity contribution in [1.29, 1.82) is 0 Å². The average Bonchev–Trinajstić information content (AvgIpc) is 1.99. The van der Waals surface area contributed by atoms with Crippen LogP contribution in [0.4, 0.5) is 0 Å². The van der Waals surface area contributed by atoms with E-state index in [9.17, 15) is 9.59 Å². The zero-order valence-corrected chi connectivity index (χ0v) is 8.13. The van der Waals surface area contributed by atoms with Crippen LogP contribution in [0.3, 0.4) is 0 Å². The molecule has 0 bridgehead atoms. The van der Waals surface area contributed by atoms with Crippen LogP contribution in [-0.2, 0) is 9.59 Å². The van der Waals surface area contributed by atoms with Gasteiger partial charge in [-0.25, -0.2) is 11.7 Å². The van der Waals surface area contributed by atoms with Gasteiger partial charge in [-0.05, 0) is 0 Å². The van der Waals surface area contributed by atoms with Gasteiger partial charge >= 0.3 is 29.6 Å². The standard InChI is InChI=1S/C4H8N4O2.Na.H/c5-7-3(9)1-2-4(10)8-6;;/h1-2H,5-6H2,(H,7,9)(H,8,10);;/q;+1;-1/b2-1-;;. The van der Waals surface area contributed by atoms with Crippen LogP contribution < -0.4 is 52.1 Å². The molecule has 7 heteroatoms. The van der Waals surface area contributed by atoms with Gasteiger partial charge in [-0.1, -0.05) is 0 Å². The van der Waals surface area contributed by atoms with Gasteiger partial charge < -0.3 is 1.43 Å². The Balaban J connectivity index is -0.000000405. The number of nitrogens with two attached hydrogens (primary N) is 2. The third kappa shape index (κ3) is 7.50. The SMILES string of the molecule is NNC(=O)/C=C\C(=O)NN.[H-].[Na+]. The minimum absolute atomic E-state index is 0. The van der Waals surface area contributed by atoms with Gasteiger partial charge in [-0.2, -0.15) is 0 Å². The van der Waals surface area contributed by atoms with Gasteiger partial charge in [0.1, 0.15) is 0 Å². The van der Waals surface area contributed by atoms with E-state index in [0.29, 0.717) is 0 Å². The molecular formula is C4H9N4NaO2. The van der Waals surface area contributed by atoms with Crippen molar-refractivity contribution < 1.29 is 40.6 Å². The van der Waals surface area contributed by atoms with Gasteiger partial charge in [-0.3, -0.25) is 20.4 Å². The fourth-order valence-corrected chi connectivity index (χ4v) is 0.248. The Labute approximate surface area is 87.1 Å². The Morgan fingerprint density at radius 3 is 1.55 bits per heavy atom. The number of carbonyl (C=O) groups is 2. The van der Waals surface area contributed by atoms with Gasteiger partial charge in [0.15, 0.2) is 0 Å². The minimum atomic E-state index is -0.566. The summed E-state index contributed by atoms with van der Waals surface area (Å²) in [5.74, 6) is 8.24. The number of amides is 2. The Morgan fingerprint density at radius 1 is 1.09 bits per heavy atom. The summed E-state index contributed by atoms with van der Waals surface area (Å²) in [7, 11) is 0. The van der Waals surface area contributed by atoms with Crippen LogP contribution in [0.15, 0.2) is 12.2 Å². The molecule has 58 valence electrons. The first kappa shape index (κ1) is 13.2. The summed E-state index contributed by atoms with van der Waals surface area (Å²) in [5.41, 5.74) is 3.60. The molecule has 0 unspecified atom stereocenters. The fraction of sp³-hybridized carbons (Fsp3) is 0. The zero-order chi connectivity index (χ0) is 7.98. The molecule has 0 aliphatic heterocycles. The molecule has 0 aliphatic carbocycles. The third-order valence-electron chi connectivity index (χ3n) is 0.671. The molecule has 0 atom stereocenters. The van der Waals surface area contributed by atoms with Crippen molar-refractivity contribution >= 4 is 11.8 Å². The van der Waals surface area contributed by atoms with Crippen LogP contribution in [0.2, 0.25) is 0 Å². The summed E-state index contributed by atoms with van der Waals surface area (Å²) in [6, 6.07) is 0. The molecule has 0 aliphatic rings. The van der Waals surface area contributed by atoms with E-state index in [1.165, 1.54) is 0 Å². The molecule has 2 amide bonds. The van der Waals surface area contributed by atoms with Crippen LogP contribution in [0, 0.1) is 0 Å². The van der Waals surface area contributed by atoms with E-state index in [-0.39, 0.29) is 31.0 Å². The number of hydrogen-bond acceptors (Lipinski definition) is 4. The smallest absolute Gasteiger partial charge is 1.00 e. The molecule has 0 saturated heterocycles. The summed E-state index contributed by atoms with van der Waals surface area (Å²) in [5, 5.41) is 0. The average molecular weight is 168 g/mol. The van der Waals surface area contributed by atoms with E-state index in [0.717, 1.165) is 12.2 Å². The van der Waals surface area contributed by atoms with Crippen molar-refractivity contribution in [1.82, 2.24) is 10.9 Å². The Morgan fingerprint density at radius 2 is 1.36 bits per heavy atom. The molecule has 0 aromatic heterocycles. The van der Waals surface area contributed by atoms with E-state index < -0.39 is 11.8 Å². The molecule has 0 fully saturated rings. The molecule has 0 spiro atoms. The predicted molar refractivity (Wildman–Crippen MR) is 34.9 cm³/mol. The molecule has 0 radical (unpaired) electrons. The number of hydrazine groups is 2. The second kappa shape index (κ2) is 7.70. The zero-order valence-electron chi connectivity index (χ0n) is 7.13. The minimum Gasteiger partial charge on any atom is -1.00 e. The molecule has 0 aromatic carbocycles. The molecule has 0 heterocycles. The molecular weight excluding hydrogens is 159 g/mol. The predicted octanol–water partition coefficient (Wildman–Crippen LogP) is -5.36. The number of hydrogen-bond donors (Lipinski definition) is 4. The van der Waals surface area contributed by atoms with Gasteiger partial charge in [0.25, 0.3) is 11.8 Å². The van der Waals surface area contributed by atoms with E-state index in [2.05, 4.69) is 11.7 Å². The molecule has 0 aromatic rings. The van der Waals surface area contributed by atoms with Crippen molar-refractivity contribution in [3.63, 3.8) is 0 Å².